The maximum atomic E-state index is 13.2. The van der Waals surface area contributed by atoms with Crippen LogP contribution in [0.1, 0.15) is 28.5 Å². The summed E-state index contributed by atoms with van der Waals surface area (Å²) in [6.45, 7) is 2.18. The number of benzene rings is 2. The van der Waals surface area contributed by atoms with Gasteiger partial charge in [0.25, 0.3) is 11.5 Å². The molecule has 0 saturated heterocycles. The second kappa shape index (κ2) is 8.55. The van der Waals surface area contributed by atoms with Crippen molar-refractivity contribution in [2.24, 2.45) is 0 Å². The van der Waals surface area contributed by atoms with Crippen LogP contribution in [0.3, 0.4) is 0 Å². The van der Waals surface area contributed by atoms with Gasteiger partial charge in [-0.25, -0.2) is 4.68 Å². The van der Waals surface area contributed by atoms with Crippen LogP contribution < -0.4 is 10.5 Å². The first kappa shape index (κ1) is 20.5. The van der Waals surface area contributed by atoms with Crippen LogP contribution in [0.5, 0.6) is 0 Å². The van der Waals surface area contributed by atoms with Crippen molar-refractivity contribution >= 4 is 17.5 Å². The standard InChI is InChI=1S/C24H24N4O3/c1-17-14-19-10-6-7-11-21(19)28(17)24(31)20-12-13-22(29)27(25-20)16-23(30)26(2)15-18-8-4-3-5-9-18/h3-13,17H,14-16H2,1-2H3/t17-/m0/s1. The molecule has 0 N–H and O–H groups in total. The zero-order valence-corrected chi connectivity index (χ0v) is 17.6. The van der Waals surface area contributed by atoms with Crippen molar-refractivity contribution in [3.8, 4) is 0 Å². The summed E-state index contributed by atoms with van der Waals surface area (Å²) in [6, 6.07) is 20.1. The molecule has 1 aliphatic rings. The van der Waals surface area contributed by atoms with E-state index in [4.69, 9.17) is 0 Å². The van der Waals surface area contributed by atoms with E-state index in [9.17, 15) is 14.4 Å². The van der Waals surface area contributed by atoms with E-state index >= 15 is 0 Å². The molecule has 0 spiro atoms. The fraction of sp³-hybridized carbons (Fsp3) is 0.250. The van der Waals surface area contributed by atoms with Crippen LogP contribution >= 0.6 is 0 Å². The Morgan fingerprint density at radius 1 is 1.03 bits per heavy atom. The number of amides is 2. The molecule has 0 fully saturated rings. The van der Waals surface area contributed by atoms with Crippen LogP contribution in [0.4, 0.5) is 5.69 Å². The lowest BCUT2D eigenvalue weighted by Gasteiger charge is -2.22. The molecule has 1 aromatic heterocycles. The quantitative estimate of drug-likeness (QED) is 0.640. The highest BCUT2D eigenvalue weighted by Crippen LogP contribution is 2.32. The zero-order chi connectivity index (χ0) is 22.0. The van der Waals surface area contributed by atoms with E-state index in [1.54, 1.807) is 11.9 Å². The summed E-state index contributed by atoms with van der Waals surface area (Å²) in [7, 11) is 1.68. The van der Waals surface area contributed by atoms with Gasteiger partial charge < -0.3 is 9.80 Å². The molecule has 0 bridgehead atoms. The number of rotatable bonds is 5. The number of para-hydroxylation sites is 1. The highest BCUT2D eigenvalue weighted by Gasteiger charge is 2.32. The highest BCUT2D eigenvalue weighted by atomic mass is 16.2. The Labute approximate surface area is 180 Å². The number of likely N-dealkylation sites (N-methyl/N-ethyl adjacent to an activating group) is 1. The molecule has 158 valence electrons. The van der Waals surface area contributed by atoms with Gasteiger partial charge >= 0.3 is 0 Å². The molecule has 7 heteroatoms. The molecule has 2 aromatic carbocycles. The first-order valence-corrected chi connectivity index (χ1v) is 10.2. The Bertz CT molecular complexity index is 1170. The Kier molecular flexibility index (Phi) is 5.66. The van der Waals surface area contributed by atoms with Gasteiger partial charge in [-0.15, -0.1) is 0 Å². The summed E-state index contributed by atoms with van der Waals surface area (Å²) < 4.78 is 1.06. The largest absolute Gasteiger partial charge is 0.340 e. The summed E-state index contributed by atoms with van der Waals surface area (Å²) in [5.41, 5.74) is 2.67. The summed E-state index contributed by atoms with van der Waals surface area (Å²) in [5, 5.41) is 4.22. The first-order valence-electron chi connectivity index (χ1n) is 10.2. The van der Waals surface area contributed by atoms with Gasteiger partial charge in [-0.3, -0.25) is 14.4 Å². The summed E-state index contributed by atoms with van der Waals surface area (Å²) in [4.78, 5) is 41.4. The number of carbonyl (C=O) groups is 2. The lowest BCUT2D eigenvalue weighted by molar-refractivity contribution is -0.131. The van der Waals surface area contributed by atoms with Crippen molar-refractivity contribution in [3.05, 3.63) is 93.9 Å². The molecule has 0 saturated carbocycles. The van der Waals surface area contributed by atoms with Crippen molar-refractivity contribution in [2.75, 3.05) is 11.9 Å². The number of fused-ring (bicyclic) bond motifs is 1. The molecule has 3 aromatic rings. The van der Waals surface area contributed by atoms with E-state index in [-0.39, 0.29) is 30.1 Å². The molecule has 0 aliphatic carbocycles. The Morgan fingerprint density at radius 2 is 1.74 bits per heavy atom. The Hall–Kier alpha value is -3.74. The molecular formula is C24H24N4O3. The molecule has 2 amide bonds. The van der Waals surface area contributed by atoms with Gasteiger partial charge in [-0.05, 0) is 36.6 Å². The minimum absolute atomic E-state index is 0.00860. The minimum atomic E-state index is -0.423. The molecule has 31 heavy (non-hydrogen) atoms. The topological polar surface area (TPSA) is 75.5 Å². The molecule has 0 radical (unpaired) electrons. The smallest absolute Gasteiger partial charge is 0.278 e. The van der Waals surface area contributed by atoms with E-state index in [1.165, 1.54) is 17.0 Å². The third-order valence-electron chi connectivity index (χ3n) is 5.49. The summed E-state index contributed by atoms with van der Waals surface area (Å²) >= 11 is 0. The number of hydrogen-bond donors (Lipinski definition) is 0. The third kappa shape index (κ3) is 4.26. The average Bonchev–Trinajstić information content (AvgIpc) is 3.11. The van der Waals surface area contributed by atoms with Crippen molar-refractivity contribution in [2.45, 2.75) is 32.5 Å². The molecule has 1 atom stereocenters. The maximum Gasteiger partial charge on any atom is 0.278 e. The lowest BCUT2D eigenvalue weighted by Crippen LogP contribution is -2.39. The van der Waals surface area contributed by atoms with E-state index in [0.29, 0.717) is 6.54 Å². The second-order valence-electron chi connectivity index (χ2n) is 7.81. The second-order valence-corrected chi connectivity index (χ2v) is 7.81. The Balaban J connectivity index is 1.53. The maximum absolute atomic E-state index is 13.2. The fourth-order valence-corrected chi connectivity index (χ4v) is 3.87. The molecule has 4 rings (SSSR count). The zero-order valence-electron chi connectivity index (χ0n) is 17.6. The molecule has 7 nitrogen and oxygen atoms in total. The van der Waals surface area contributed by atoms with Crippen LogP contribution in [0.25, 0.3) is 0 Å². The summed E-state index contributed by atoms with van der Waals surface area (Å²) in [5.74, 6) is -0.542. The van der Waals surface area contributed by atoms with Gasteiger partial charge in [0.05, 0.1) is 0 Å². The minimum Gasteiger partial charge on any atom is -0.340 e. The number of carbonyl (C=O) groups excluding carboxylic acids is 2. The highest BCUT2D eigenvalue weighted by molar-refractivity contribution is 6.06. The number of nitrogens with zero attached hydrogens (tertiary/aromatic N) is 4. The van der Waals surface area contributed by atoms with Crippen molar-refractivity contribution in [1.82, 2.24) is 14.7 Å². The van der Waals surface area contributed by atoms with Gasteiger partial charge in [-0.1, -0.05) is 48.5 Å². The van der Waals surface area contributed by atoms with Crippen LogP contribution in [-0.4, -0.2) is 39.6 Å². The lowest BCUT2D eigenvalue weighted by atomic mass is 10.1. The van der Waals surface area contributed by atoms with E-state index in [1.807, 2.05) is 61.5 Å². The summed E-state index contributed by atoms with van der Waals surface area (Å²) in [6.07, 6.45) is 0.768. The molecule has 1 aliphatic heterocycles. The monoisotopic (exact) mass is 416 g/mol. The van der Waals surface area contributed by atoms with Gasteiger partial charge in [0.2, 0.25) is 5.91 Å². The fourth-order valence-electron chi connectivity index (χ4n) is 3.87. The number of aromatic nitrogens is 2. The van der Waals surface area contributed by atoms with Crippen LogP contribution in [0, 0.1) is 0 Å². The SMILES string of the molecule is C[C@H]1Cc2ccccc2N1C(=O)c1ccc(=O)n(CC(=O)N(C)Cc2ccccc2)n1. The number of anilines is 1. The van der Waals surface area contributed by atoms with E-state index < -0.39 is 5.56 Å². The number of hydrogen-bond acceptors (Lipinski definition) is 4. The normalized spacial score (nSPS) is 14.9. The third-order valence-corrected chi connectivity index (χ3v) is 5.49. The van der Waals surface area contributed by atoms with Crippen molar-refractivity contribution < 1.29 is 9.59 Å². The first-order chi connectivity index (χ1) is 14.9. The van der Waals surface area contributed by atoms with Crippen molar-refractivity contribution in [1.29, 1.82) is 0 Å². The van der Waals surface area contributed by atoms with E-state index in [0.717, 1.165) is 27.9 Å². The van der Waals surface area contributed by atoms with Gasteiger partial charge in [0.1, 0.15) is 12.2 Å². The van der Waals surface area contributed by atoms with E-state index in [2.05, 4.69) is 5.10 Å². The van der Waals surface area contributed by atoms with Gasteiger partial charge in [0, 0.05) is 31.4 Å². The molecular weight excluding hydrogens is 392 g/mol. The van der Waals surface area contributed by atoms with Gasteiger partial charge in [-0.2, -0.15) is 5.10 Å². The predicted octanol–water partition coefficient (Wildman–Crippen LogP) is 2.49. The van der Waals surface area contributed by atoms with Crippen LogP contribution in [0.2, 0.25) is 0 Å². The van der Waals surface area contributed by atoms with Crippen LogP contribution in [-0.2, 0) is 24.3 Å². The van der Waals surface area contributed by atoms with Crippen LogP contribution in [0.15, 0.2) is 71.5 Å². The Morgan fingerprint density at radius 3 is 2.52 bits per heavy atom. The molecule has 2 heterocycles. The molecule has 0 unspecified atom stereocenters. The van der Waals surface area contributed by atoms with Crippen molar-refractivity contribution in [3.63, 3.8) is 0 Å². The van der Waals surface area contributed by atoms with Gasteiger partial charge in [0.15, 0.2) is 0 Å². The predicted molar refractivity (Wildman–Crippen MR) is 118 cm³/mol. The average molecular weight is 416 g/mol.